The molecule has 2 rings (SSSR count). The fraction of sp³-hybridized carbons (Fsp3) is 0.500. The van der Waals surface area contributed by atoms with Crippen molar-refractivity contribution in [3.05, 3.63) is 29.8 Å². The number of hydrogen-bond acceptors (Lipinski definition) is 5. The van der Waals surface area contributed by atoms with E-state index < -0.39 is 11.5 Å². The Bertz CT molecular complexity index is 459. The van der Waals surface area contributed by atoms with E-state index in [-0.39, 0.29) is 19.1 Å². The molecule has 1 aliphatic rings. The summed E-state index contributed by atoms with van der Waals surface area (Å²) in [6, 6.07) is 7.14. The molecule has 0 radical (unpaired) electrons. The largest absolute Gasteiger partial charge is 0.491 e. The molecule has 104 valence electrons. The van der Waals surface area contributed by atoms with E-state index in [1.807, 2.05) is 12.1 Å². The topological polar surface area (TPSA) is 81.8 Å². The molecule has 1 aromatic carbocycles. The van der Waals surface area contributed by atoms with Gasteiger partial charge in [0.2, 0.25) is 0 Å². The number of esters is 1. The smallest absolute Gasteiger partial charge is 0.329 e. The van der Waals surface area contributed by atoms with Crippen molar-refractivity contribution in [2.75, 3.05) is 13.7 Å². The number of carbonyl (C=O) groups is 1. The second-order valence-corrected chi connectivity index (χ2v) is 4.86. The summed E-state index contributed by atoms with van der Waals surface area (Å²) in [5, 5.41) is 9.22. The Balaban J connectivity index is 2.09. The number of ether oxygens (including phenoxy) is 2. The molecule has 3 N–H and O–H groups in total. The minimum absolute atomic E-state index is 0.0569. The first-order chi connectivity index (χ1) is 9.11. The van der Waals surface area contributed by atoms with Gasteiger partial charge in [0.05, 0.1) is 13.7 Å². The van der Waals surface area contributed by atoms with E-state index in [4.69, 9.17) is 15.2 Å². The molecule has 0 saturated heterocycles. The van der Waals surface area contributed by atoms with Crippen LogP contribution in [0.25, 0.3) is 0 Å². The lowest BCUT2D eigenvalue weighted by atomic mass is 9.96. The zero-order valence-corrected chi connectivity index (χ0v) is 11.0. The lowest BCUT2D eigenvalue weighted by Crippen LogP contribution is -2.55. The molecule has 1 unspecified atom stereocenters. The first-order valence-corrected chi connectivity index (χ1v) is 6.30. The van der Waals surface area contributed by atoms with Crippen LogP contribution in [0.1, 0.15) is 18.4 Å². The van der Waals surface area contributed by atoms with E-state index in [9.17, 15) is 9.90 Å². The Labute approximate surface area is 112 Å². The highest BCUT2D eigenvalue weighted by atomic mass is 16.5. The molecule has 5 nitrogen and oxygen atoms in total. The third-order valence-electron chi connectivity index (χ3n) is 3.48. The van der Waals surface area contributed by atoms with Gasteiger partial charge in [-0.25, -0.2) is 4.79 Å². The molecule has 5 heteroatoms. The zero-order valence-electron chi connectivity index (χ0n) is 11.0. The Morgan fingerprint density at radius 1 is 1.47 bits per heavy atom. The lowest BCUT2D eigenvalue weighted by molar-refractivity contribution is -0.149. The highest BCUT2D eigenvalue weighted by molar-refractivity contribution is 5.81. The summed E-state index contributed by atoms with van der Waals surface area (Å²) in [6.07, 6.45) is 1.83. The molecule has 0 amide bonds. The van der Waals surface area contributed by atoms with Crippen LogP contribution in [0, 0.1) is 5.92 Å². The summed E-state index contributed by atoms with van der Waals surface area (Å²) in [5.74, 6) is 0.210. The van der Waals surface area contributed by atoms with Gasteiger partial charge in [0.1, 0.15) is 12.4 Å². The van der Waals surface area contributed by atoms with Crippen LogP contribution in [0.2, 0.25) is 0 Å². The van der Waals surface area contributed by atoms with Crippen molar-refractivity contribution in [1.82, 2.24) is 0 Å². The van der Waals surface area contributed by atoms with Gasteiger partial charge in [-0.15, -0.1) is 0 Å². The normalized spacial score (nSPS) is 17.6. The summed E-state index contributed by atoms with van der Waals surface area (Å²) < 4.78 is 10.4. The van der Waals surface area contributed by atoms with E-state index in [1.165, 1.54) is 7.11 Å². The van der Waals surface area contributed by atoms with Gasteiger partial charge in [-0.1, -0.05) is 18.2 Å². The average Bonchev–Trinajstić information content (AvgIpc) is 3.29. The second-order valence-electron chi connectivity index (χ2n) is 4.86. The van der Waals surface area contributed by atoms with E-state index in [0.29, 0.717) is 11.3 Å². The third-order valence-corrected chi connectivity index (χ3v) is 3.48. The molecule has 1 aromatic rings. The summed E-state index contributed by atoms with van der Waals surface area (Å²) >= 11 is 0. The van der Waals surface area contributed by atoms with E-state index in [1.54, 1.807) is 12.1 Å². The molecule has 1 atom stereocenters. The summed E-state index contributed by atoms with van der Waals surface area (Å²) in [5.41, 5.74) is 5.71. The van der Waals surface area contributed by atoms with Crippen LogP contribution < -0.4 is 10.5 Å². The molecule has 1 aliphatic carbocycles. The Morgan fingerprint density at radius 2 is 2.16 bits per heavy atom. The SMILES string of the molecule is COC(=O)C(N)(COc1ccccc1CO)C1CC1. The molecule has 0 aliphatic heterocycles. The Morgan fingerprint density at radius 3 is 2.74 bits per heavy atom. The van der Waals surface area contributed by atoms with Crippen LogP contribution in [0.5, 0.6) is 5.75 Å². The van der Waals surface area contributed by atoms with Crippen LogP contribution in [0.15, 0.2) is 24.3 Å². The highest BCUT2D eigenvalue weighted by Crippen LogP contribution is 2.39. The Kier molecular flexibility index (Phi) is 4.07. The summed E-state index contributed by atoms with van der Waals surface area (Å²) in [4.78, 5) is 11.8. The van der Waals surface area contributed by atoms with Crippen LogP contribution in [0.4, 0.5) is 0 Å². The van der Waals surface area contributed by atoms with Gasteiger partial charge >= 0.3 is 5.97 Å². The molecule has 1 fully saturated rings. The number of para-hydroxylation sites is 1. The number of benzene rings is 1. The van der Waals surface area contributed by atoms with Crippen LogP contribution in [-0.2, 0) is 16.1 Å². The van der Waals surface area contributed by atoms with Gasteiger partial charge in [0.25, 0.3) is 0 Å². The van der Waals surface area contributed by atoms with Gasteiger partial charge in [-0.2, -0.15) is 0 Å². The van der Waals surface area contributed by atoms with Crippen LogP contribution in [-0.4, -0.2) is 30.3 Å². The average molecular weight is 265 g/mol. The number of carbonyl (C=O) groups excluding carboxylic acids is 1. The van der Waals surface area contributed by atoms with Crippen molar-refractivity contribution in [3.8, 4) is 5.75 Å². The third kappa shape index (κ3) is 2.88. The zero-order chi connectivity index (χ0) is 13.9. The molecule has 0 heterocycles. The second kappa shape index (κ2) is 5.59. The molecule has 0 bridgehead atoms. The van der Waals surface area contributed by atoms with Crippen molar-refractivity contribution >= 4 is 5.97 Å². The molecule has 0 spiro atoms. The lowest BCUT2D eigenvalue weighted by Gasteiger charge is -2.26. The number of hydrogen-bond donors (Lipinski definition) is 2. The summed E-state index contributed by atoms with van der Waals surface area (Å²) in [6.45, 7) is -0.0588. The van der Waals surface area contributed by atoms with Crippen molar-refractivity contribution in [3.63, 3.8) is 0 Å². The van der Waals surface area contributed by atoms with Gasteiger partial charge in [-0.3, -0.25) is 0 Å². The van der Waals surface area contributed by atoms with Gasteiger partial charge in [0.15, 0.2) is 5.54 Å². The minimum Gasteiger partial charge on any atom is -0.491 e. The fourth-order valence-electron chi connectivity index (χ4n) is 2.10. The van der Waals surface area contributed by atoms with Gasteiger partial charge in [-0.05, 0) is 24.8 Å². The molecular formula is C14H19NO4. The first-order valence-electron chi connectivity index (χ1n) is 6.30. The van der Waals surface area contributed by atoms with Crippen LogP contribution in [0.3, 0.4) is 0 Å². The van der Waals surface area contributed by atoms with E-state index in [0.717, 1.165) is 12.8 Å². The fourth-order valence-corrected chi connectivity index (χ4v) is 2.10. The number of aliphatic hydroxyl groups excluding tert-OH is 1. The number of rotatable bonds is 6. The number of aliphatic hydroxyl groups is 1. The van der Waals surface area contributed by atoms with Crippen molar-refractivity contribution in [2.45, 2.75) is 25.0 Å². The van der Waals surface area contributed by atoms with E-state index in [2.05, 4.69) is 0 Å². The quantitative estimate of drug-likeness (QED) is 0.745. The van der Waals surface area contributed by atoms with Crippen molar-refractivity contribution in [1.29, 1.82) is 0 Å². The van der Waals surface area contributed by atoms with Crippen molar-refractivity contribution in [2.24, 2.45) is 11.7 Å². The minimum atomic E-state index is -1.10. The maximum Gasteiger partial charge on any atom is 0.329 e. The maximum absolute atomic E-state index is 11.8. The van der Waals surface area contributed by atoms with E-state index >= 15 is 0 Å². The molecule has 1 saturated carbocycles. The standard InChI is InChI=1S/C14H19NO4/c1-18-13(17)14(15,11-6-7-11)9-19-12-5-3-2-4-10(12)8-16/h2-5,11,16H,6-9,15H2,1H3. The number of nitrogens with two attached hydrogens (primary N) is 1. The van der Waals surface area contributed by atoms with Gasteiger partial charge < -0.3 is 20.3 Å². The monoisotopic (exact) mass is 265 g/mol. The molecular weight excluding hydrogens is 246 g/mol. The summed E-state index contributed by atoms with van der Waals surface area (Å²) in [7, 11) is 1.33. The highest BCUT2D eigenvalue weighted by Gasteiger charge is 2.49. The van der Waals surface area contributed by atoms with Gasteiger partial charge in [0, 0.05) is 5.56 Å². The first kappa shape index (κ1) is 13.8. The Hall–Kier alpha value is -1.59. The maximum atomic E-state index is 11.8. The van der Waals surface area contributed by atoms with Crippen molar-refractivity contribution < 1.29 is 19.4 Å². The predicted octanol–water partition coefficient (Wildman–Crippen LogP) is 0.838. The van der Waals surface area contributed by atoms with Crippen LogP contribution >= 0.6 is 0 Å². The molecule has 0 aromatic heterocycles. The molecule has 19 heavy (non-hydrogen) atoms. The number of methoxy groups -OCH3 is 1. The predicted molar refractivity (Wildman–Crippen MR) is 69.5 cm³/mol.